The van der Waals surface area contributed by atoms with E-state index in [0.29, 0.717) is 11.2 Å². The van der Waals surface area contributed by atoms with E-state index >= 15 is 4.39 Å². The van der Waals surface area contributed by atoms with Gasteiger partial charge in [-0.15, -0.1) is 0 Å². The van der Waals surface area contributed by atoms with Gasteiger partial charge in [-0.05, 0) is 55.0 Å². The van der Waals surface area contributed by atoms with E-state index in [1.807, 2.05) is 0 Å². The molecule has 226 valence electrons. The predicted molar refractivity (Wildman–Crippen MR) is 153 cm³/mol. The van der Waals surface area contributed by atoms with Gasteiger partial charge in [-0.25, -0.2) is 31.4 Å². The molecule has 44 heavy (non-hydrogen) atoms. The van der Waals surface area contributed by atoms with Crippen molar-refractivity contribution in [1.29, 1.82) is 0 Å². The fourth-order valence-electron chi connectivity index (χ4n) is 5.17. The number of Topliss-reactive ketones (excluding diaryl/α,β-unsaturated/α-hetero) is 1. The number of halogens is 4. The highest BCUT2D eigenvalue weighted by Crippen LogP contribution is 2.36. The van der Waals surface area contributed by atoms with Crippen molar-refractivity contribution in [2.24, 2.45) is 0 Å². The highest BCUT2D eigenvalue weighted by Gasteiger charge is 2.38. The normalized spacial score (nSPS) is 14.3. The first kappa shape index (κ1) is 28.9. The van der Waals surface area contributed by atoms with Crippen LogP contribution in [0.5, 0.6) is 11.5 Å². The van der Waals surface area contributed by atoms with Gasteiger partial charge in [0, 0.05) is 38.2 Å². The Labute approximate surface area is 247 Å². The Kier molecular flexibility index (Phi) is 7.31. The standard InChI is InChI=1S/C31H25F4N5O4/c1-2-37-17-23(29(42)40(30(37)43)21-6-4-20(32)5-7-21)26(41)14-19-3-8-27(24(33)13-19)44-28-15-22(16-39-25(28)9-11-36-39)38-12-10-31(34,35)18-38/h3-9,11,13,15-17H,2,10,12,14,18H2,1H3. The quantitative estimate of drug-likeness (QED) is 0.182. The highest BCUT2D eigenvalue weighted by atomic mass is 19.3. The molecule has 5 aromatic rings. The minimum absolute atomic E-state index is 0.0978. The topological polar surface area (TPSA) is 90.8 Å². The molecule has 0 amide bonds. The summed E-state index contributed by atoms with van der Waals surface area (Å²) in [7, 11) is 0. The second-order valence-electron chi connectivity index (χ2n) is 10.4. The zero-order valence-corrected chi connectivity index (χ0v) is 23.3. The number of fused-ring (bicyclic) bond motifs is 1. The molecular weight excluding hydrogens is 582 g/mol. The number of carbonyl (C=O) groups excluding carboxylic acids is 1. The maximum Gasteiger partial charge on any atom is 0.335 e. The molecule has 1 aliphatic heterocycles. The summed E-state index contributed by atoms with van der Waals surface area (Å²) < 4.78 is 65.7. The summed E-state index contributed by atoms with van der Waals surface area (Å²) >= 11 is 0. The average Bonchev–Trinajstić information content (AvgIpc) is 3.61. The smallest absolute Gasteiger partial charge is 0.335 e. The van der Waals surface area contributed by atoms with Gasteiger partial charge in [0.05, 0.1) is 30.3 Å². The number of aryl methyl sites for hydroxylation is 1. The third kappa shape index (κ3) is 5.48. The second-order valence-corrected chi connectivity index (χ2v) is 10.4. The Bertz CT molecular complexity index is 2020. The maximum absolute atomic E-state index is 15.3. The molecular formula is C31H25F4N5O4. The van der Waals surface area contributed by atoms with E-state index < -0.39 is 41.1 Å². The average molecular weight is 608 g/mol. The molecule has 13 heteroatoms. The minimum Gasteiger partial charge on any atom is -0.452 e. The zero-order valence-electron chi connectivity index (χ0n) is 23.3. The number of hydrogen-bond acceptors (Lipinski definition) is 6. The number of ether oxygens (including phenoxy) is 1. The first-order valence-electron chi connectivity index (χ1n) is 13.7. The SMILES string of the molecule is CCn1cc(C(=O)Cc2ccc(Oc3cc(N4CCC(F)(F)C4)cn4nccc34)c(F)c2)c(=O)n(-c2ccc(F)cc2)c1=O. The molecule has 1 aliphatic rings. The first-order valence-corrected chi connectivity index (χ1v) is 13.7. The molecule has 1 fully saturated rings. The number of carbonyl (C=O) groups is 1. The number of anilines is 1. The predicted octanol–water partition coefficient (Wildman–Crippen LogP) is 5.01. The van der Waals surface area contributed by atoms with Gasteiger partial charge >= 0.3 is 5.69 Å². The summed E-state index contributed by atoms with van der Waals surface area (Å²) in [4.78, 5) is 40.9. The molecule has 4 heterocycles. The van der Waals surface area contributed by atoms with Gasteiger partial charge in [-0.1, -0.05) is 6.07 Å². The lowest BCUT2D eigenvalue weighted by Crippen LogP contribution is -2.41. The summed E-state index contributed by atoms with van der Waals surface area (Å²) in [6, 6.07) is 11.8. The minimum atomic E-state index is -2.82. The van der Waals surface area contributed by atoms with Crippen LogP contribution in [0.2, 0.25) is 0 Å². The van der Waals surface area contributed by atoms with Gasteiger partial charge in [0.1, 0.15) is 16.9 Å². The van der Waals surface area contributed by atoms with Crippen LogP contribution in [0.25, 0.3) is 11.2 Å². The summed E-state index contributed by atoms with van der Waals surface area (Å²) in [5.41, 5.74) is -0.591. The van der Waals surface area contributed by atoms with Crippen LogP contribution >= 0.6 is 0 Å². The lowest BCUT2D eigenvalue weighted by atomic mass is 10.0. The zero-order chi connectivity index (χ0) is 31.2. The van der Waals surface area contributed by atoms with Crippen molar-refractivity contribution in [3.05, 3.63) is 117 Å². The van der Waals surface area contributed by atoms with Gasteiger partial charge in [0.15, 0.2) is 23.1 Å². The molecule has 0 radical (unpaired) electrons. The van der Waals surface area contributed by atoms with E-state index in [4.69, 9.17) is 4.74 Å². The Morgan fingerprint density at radius 1 is 0.977 bits per heavy atom. The molecule has 0 saturated carbocycles. The highest BCUT2D eigenvalue weighted by molar-refractivity contribution is 5.97. The molecule has 6 rings (SSSR count). The van der Waals surface area contributed by atoms with E-state index in [1.54, 1.807) is 25.3 Å². The van der Waals surface area contributed by atoms with Crippen LogP contribution in [0.4, 0.5) is 23.2 Å². The van der Waals surface area contributed by atoms with Crippen LogP contribution in [-0.4, -0.2) is 43.5 Å². The molecule has 0 unspecified atom stereocenters. The fraction of sp³-hybridized carbons (Fsp3) is 0.226. The van der Waals surface area contributed by atoms with Crippen LogP contribution in [-0.2, 0) is 13.0 Å². The van der Waals surface area contributed by atoms with E-state index in [1.165, 1.54) is 50.6 Å². The van der Waals surface area contributed by atoms with Gasteiger partial charge in [0.25, 0.3) is 11.5 Å². The second kappa shape index (κ2) is 11.1. The van der Waals surface area contributed by atoms with Crippen molar-refractivity contribution in [2.75, 3.05) is 18.0 Å². The van der Waals surface area contributed by atoms with E-state index in [0.717, 1.165) is 22.8 Å². The van der Waals surface area contributed by atoms with Gasteiger partial charge in [0.2, 0.25) is 0 Å². The van der Waals surface area contributed by atoms with Crippen molar-refractivity contribution in [2.45, 2.75) is 32.2 Å². The van der Waals surface area contributed by atoms with Crippen LogP contribution in [0.1, 0.15) is 29.3 Å². The first-order chi connectivity index (χ1) is 21.0. The lowest BCUT2D eigenvalue weighted by Gasteiger charge is -2.20. The van der Waals surface area contributed by atoms with Gasteiger partial charge < -0.3 is 9.64 Å². The number of nitrogens with zero attached hydrogens (tertiary/aromatic N) is 5. The van der Waals surface area contributed by atoms with Gasteiger partial charge in [-0.3, -0.25) is 14.2 Å². The van der Waals surface area contributed by atoms with Crippen molar-refractivity contribution in [1.82, 2.24) is 18.7 Å². The summed E-state index contributed by atoms with van der Waals surface area (Å²) in [6.07, 6.45) is 3.63. The summed E-state index contributed by atoms with van der Waals surface area (Å²) in [6.45, 7) is 1.51. The van der Waals surface area contributed by atoms with Crippen molar-refractivity contribution in [3.8, 4) is 17.2 Å². The van der Waals surface area contributed by atoms with Crippen LogP contribution < -0.4 is 20.9 Å². The van der Waals surface area contributed by atoms with Crippen molar-refractivity contribution >= 4 is 17.0 Å². The Balaban J connectivity index is 1.27. The maximum atomic E-state index is 15.3. The Hall–Kier alpha value is -5.20. The number of aromatic nitrogens is 4. The van der Waals surface area contributed by atoms with Crippen molar-refractivity contribution < 1.29 is 27.1 Å². The van der Waals surface area contributed by atoms with Crippen LogP contribution in [0.15, 0.2) is 82.8 Å². The Morgan fingerprint density at radius 2 is 1.75 bits per heavy atom. The molecule has 2 aromatic carbocycles. The fourth-order valence-corrected chi connectivity index (χ4v) is 5.17. The molecule has 1 saturated heterocycles. The third-order valence-corrected chi connectivity index (χ3v) is 7.45. The monoisotopic (exact) mass is 607 g/mol. The molecule has 0 aliphatic carbocycles. The molecule has 0 atom stereocenters. The molecule has 0 bridgehead atoms. The number of pyridine rings is 1. The number of hydrogen-bond donors (Lipinski definition) is 0. The summed E-state index contributed by atoms with van der Waals surface area (Å²) in [5, 5.41) is 4.17. The lowest BCUT2D eigenvalue weighted by molar-refractivity contribution is 0.0257. The Morgan fingerprint density at radius 3 is 2.43 bits per heavy atom. The molecule has 0 N–H and O–H groups in total. The molecule has 0 spiro atoms. The molecule has 3 aromatic heterocycles. The summed E-state index contributed by atoms with van der Waals surface area (Å²) in [5.74, 6) is -4.81. The largest absolute Gasteiger partial charge is 0.452 e. The van der Waals surface area contributed by atoms with Crippen molar-refractivity contribution in [3.63, 3.8) is 0 Å². The number of benzene rings is 2. The van der Waals surface area contributed by atoms with Crippen LogP contribution in [0.3, 0.4) is 0 Å². The number of rotatable bonds is 8. The van der Waals surface area contributed by atoms with E-state index in [9.17, 15) is 27.6 Å². The van der Waals surface area contributed by atoms with Crippen LogP contribution in [0, 0.1) is 11.6 Å². The number of alkyl halides is 2. The third-order valence-electron chi connectivity index (χ3n) is 7.45. The van der Waals surface area contributed by atoms with Gasteiger partial charge in [-0.2, -0.15) is 5.10 Å². The number of ketones is 1. The molecule has 9 nitrogen and oxygen atoms in total. The van der Waals surface area contributed by atoms with E-state index in [2.05, 4.69) is 5.10 Å². The van der Waals surface area contributed by atoms with E-state index in [-0.39, 0.29) is 54.2 Å².